The van der Waals surface area contributed by atoms with Crippen molar-refractivity contribution in [3.63, 3.8) is 0 Å². The van der Waals surface area contributed by atoms with Gasteiger partial charge >= 0.3 is 0 Å². The number of carbonyl (C=O) groups is 1. The molecule has 0 bridgehead atoms. The van der Waals surface area contributed by atoms with Crippen LogP contribution in [0.2, 0.25) is 5.02 Å². The van der Waals surface area contributed by atoms with Gasteiger partial charge in [0.2, 0.25) is 5.91 Å². The zero-order valence-corrected chi connectivity index (χ0v) is 12.4. The lowest BCUT2D eigenvalue weighted by molar-refractivity contribution is -0.137. The van der Waals surface area contributed by atoms with Crippen molar-refractivity contribution in [3.8, 4) is 0 Å². The second-order valence-electron chi connectivity index (χ2n) is 6.04. The molecule has 2 aliphatic rings. The molecule has 2 N–H and O–H groups in total. The first-order chi connectivity index (χ1) is 9.62. The summed E-state index contributed by atoms with van der Waals surface area (Å²) in [5.41, 5.74) is 6.76. The molecule has 1 aliphatic heterocycles. The van der Waals surface area contributed by atoms with Gasteiger partial charge in [-0.15, -0.1) is 0 Å². The van der Waals surface area contributed by atoms with Gasteiger partial charge in [0.1, 0.15) is 0 Å². The maximum absolute atomic E-state index is 12.8. The van der Waals surface area contributed by atoms with E-state index in [1.54, 1.807) is 0 Å². The first-order valence-corrected chi connectivity index (χ1v) is 7.84. The summed E-state index contributed by atoms with van der Waals surface area (Å²) in [6.45, 7) is 0.799. The zero-order chi connectivity index (χ0) is 14.2. The van der Waals surface area contributed by atoms with Gasteiger partial charge in [0.05, 0.1) is 11.6 Å². The Balaban J connectivity index is 1.86. The first kappa shape index (κ1) is 13.9. The summed E-state index contributed by atoms with van der Waals surface area (Å²) < 4.78 is 0. The molecular formula is C16H21ClN2O. The molecule has 1 unspecified atom stereocenters. The van der Waals surface area contributed by atoms with Crippen molar-refractivity contribution in [3.05, 3.63) is 34.9 Å². The third-order valence-corrected chi connectivity index (χ3v) is 5.04. The summed E-state index contributed by atoms with van der Waals surface area (Å²) in [7, 11) is 0. The average molecular weight is 293 g/mol. The monoisotopic (exact) mass is 292 g/mol. The lowest BCUT2D eigenvalue weighted by Crippen LogP contribution is -2.53. The molecule has 0 aromatic heterocycles. The minimum absolute atomic E-state index is 0.0947. The lowest BCUT2D eigenvalue weighted by Gasteiger charge is -2.33. The van der Waals surface area contributed by atoms with Crippen LogP contribution < -0.4 is 5.73 Å². The van der Waals surface area contributed by atoms with Crippen LogP contribution in [0.4, 0.5) is 0 Å². The molecule has 1 aromatic rings. The van der Waals surface area contributed by atoms with E-state index in [9.17, 15) is 4.79 Å². The molecule has 3 rings (SSSR count). The fraction of sp³-hybridized carbons (Fsp3) is 0.562. The Labute approximate surface area is 125 Å². The van der Waals surface area contributed by atoms with Crippen LogP contribution in [-0.4, -0.2) is 22.9 Å². The van der Waals surface area contributed by atoms with Gasteiger partial charge in [-0.1, -0.05) is 42.6 Å². The van der Waals surface area contributed by atoms with E-state index in [2.05, 4.69) is 0 Å². The second kappa shape index (κ2) is 5.38. The number of halogens is 1. The topological polar surface area (TPSA) is 46.3 Å². The van der Waals surface area contributed by atoms with Gasteiger partial charge < -0.3 is 10.6 Å². The van der Waals surface area contributed by atoms with Gasteiger partial charge in [0.15, 0.2) is 0 Å². The molecule has 1 aliphatic carbocycles. The highest BCUT2D eigenvalue weighted by Gasteiger charge is 2.43. The molecule has 0 spiro atoms. The minimum atomic E-state index is -0.635. The summed E-state index contributed by atoms with van der Waals surface area (Å²) in [4.78, 5) is 14.8. The van der Waals surface area contributed by atoms with E-state index in [0.717, 1.165) is 55.7 Å². The molecule has 3 nitrogen and oxygen atoms in total. The number of hydrogen-bond acceptors (Lipinski definition) is 2. The van der Waals surface area contributed by atoms with Crippen LogP contribution in [0.25, 0.3) is 0 Å². The molecule has 1 aromatic carbocycles. The van der Waals surface area contributed by atoms with Gasteiger partial charge in [-0.05, 0) is 37.3 Å². The Morgan fingerprint density at radius 3 is 2.65 bits per heavy atom. The summed E-state index contributed by atoms with van der Waals surface area (Å²) in [5, 5.41) is 0.745. The quantitative estimate of drug-likeness (QED) is 0.909. The predicted octanol–water partition coefficient (Wildman–Crippen LogP) is 3.28. The van der Waals surface area contributed by atoms with Gasteiger partial charge in [-0.25, -0.2) is 0 Å². The second-order valence-corrected chi connectivity index (χ2v) is 6.45. The van der Waals surface area contributed by atoms with Crippen molar-refractivity contribution in [1.29, 1.82) is 0 Å². The Kier molecular flexibility index (Phi) is 3.74. The fourth-order valence-corrected chi connectivity index (χ4v) is 3.85. The maximum Gasteiger partial charge on any atom is 0.243 e. The van der Waals surface area contributed by atoms with Gasteiger partial charge in [0, 0.05) is 11.6 Å². The van der Waals surface area contributed by atoms with Crippen molar-refractivity contribution in [2.75, 3.05) is 6.54 Å². The fourth-order valence-electron chi connectivity index (χ4n) is 3.58. The molecule has 1 heterocycles. The molecule has 20 heavy (non-hydrogen) atoms. The molecule has 1 saturated heterocycles. The number of nitrogens with zero attached hydrogens (tertiary/aromatic N) is 1. The number of nitrogens with two attached hydrogens (primary N) is 1. The summed E-state index contributed by atoms with van der Waals surface area (Å²) in [5.74, 6) is 0.123. The molecule has 2 fully saturated rings. The third kappa shape index (κ3) is 2.33. The molecule has 1 amide bonds. The highest BCUT2D eigenvalue weighted by Crippen LogP contribution is 2.39. The van der Waals surface area contributed by atoms with E-state index >= 15 is 0 Å². The Bertz CT molecular complexity index is 511. The molecule has 108 valence electrons. The number of carbonyl (C=O) groups excluding carboxylic acids is 1. The van der Waals surface area contributed by atoms with Crippen LogP contribution in [-0.2, 0) is 4.79 Å². The van der Waals surface area contributed by atoms with Crippen LogP contribution >= 0.6 is 11.6 Å². The Morgan fingerprint density at radius 2 is 1.95 bits per heavy atom. The van der Waals surface area contributed by atoms with E-state index in [-0.39, 0.29) is 11.9 Å². The van der Waals surface area contributed by atoms with Crippen LogP contribution in [0.5, 0.6) is 0 Å². The van der Waals surface area contributed by atoms with Gasteiger partial charge in [-0.2, -0.15) is 0 Å². The van der Waals surface area contributed by atoms with E-state index in [0.29, 0.717) is 0 Å². The van der Waals surface area contributed by atoms with Gasteiger partial charge in [-0.3, -0.25) is 4.79 Å². The normalized spacial score (nSPS) is 25.1. The van der Waals surface area contributed by atoms with Crippen LogP contribution in [0.1, 0.15) is 50.1 Å². The predicted molar refractivity (Wildman–Crippen MR) is 80.5 cm³/mol. The number of benzene rings is 1. The number of likely N-dealkylation sites (tertiary alicyclic amines) is 1. The molecule has 1 atom stereocenters. The van der Waals surface area contributed by atoms with Crippen LogP contribution in [0, 0.1) is 0 Å². The van der Waals surface area contributed by atoms with Crippen molar-refractivity contribution in [2.45, 2.75) is 50.1 Å². The van der Waals surface area contributed by atoms with Crippen LogP contribution in [0.15, 0.2) is 24.3 Å². The van der Waals surface area contributed by atoms with Crippen molar-refractivity contribution < 1.29 is 4.79 Å². The molecule has 0 radical (unpaired) electrons. The van der Waals surface area contributed by atoms with Crippen molar-refractivity contribution in [2.24, 2.45) is 5.73 Å². The molecule has 1 saturated carbocycles. The van der Waals surface area contributed by atoms with Gasteiger partial charge in [0.25, 0.3) is 0 Å². The zero-order valence-electron chi connectivity index (χ0n) is 11.6. The van der Waals surface area contributed by atoms with Crippen molar-refractivity contribution >= 4 is 17.5 Å². The van der Waals surface area contributed by atoms with E-state index in [4.69, 9.17) is 17.3 Å². The summed E-state index contributed by atoms with van der Waals surface area (Å²) >= 11 is 6.30. The third-order valence-electron chi connectivity index (χ3n) is 4.70. The maximum atomic E-state index is 12.8. The Morgan fingerprint density at radius 1 is 1.25 bits per heavy atom. The highest BCUT2D eigenvalue weighted by atomic mass is 35.5. The van der Waals surface area contributed by atoms with Crippen molar-refractivity contribution in [1.82, 2.24) is 4.90 Å². The average Bonchev–Trinajstić information content (AvgIpc) is 3.08. The summed E-state index contributed by atoms with van der Waals surface area (Å²) in [6, 6.07) is 7.92. The largest absolute Gasteiger partial charge is 0.334 e. The first-order valence-electron chi connectivity index (χ1n) is 7.46. The lowest BCUT2D eigenvalue weighted by atomic mass is 9.95. The number of rotatable bonds is 2. The van der Waals surface area contributed by atoms with E-state index in [1.165, 1.54) is 0 Å². The Hall–Kier alpha value is -1.06. The van der Waals surface area contributed by atoms with E-state index in [1.807, 2.05) is 29.2 Å². The number of hydrogen-bond donors (Lipinski definition) is 1. The van der Waals surface area contributed by atoms with E-state index < -0.39 is 5.54 Å². The summed E-state index contributed by atoms with van der Waals surface area (Å²) in [6.07, 6.45) is 5.76. The number of amides is 1. The SMILES string of the molecule is NC1(C(=O)N2CCCC2c2ccccc2Cl)CCCC1. The minimum Gasteiger partial charge on any atom is -0.334 e. The molecule has 4 heteroatoms. The smallest absolute Gasteiger partial charge is 0.243 e. The molecular weight excluding hydrogens is 272 g/mol. The van der Waals surface area contributed by atoms with Crippen LogP contribution in [0.3, 0.4) is 0 Å². The standard InChI is InChI=1S/C16H21ClN2O/c17-13-7-2-1-6-12(13)14-8-5-11-19(14)15(20)16(18)9-3-4-10-16/h1-2,6-7,14H,3-5,8-11,18H2. The highest BCUT2D eigenvalue weighted by molar-refractivity contribution is 6.31.